The Morgan fingerprint density at radius 1 is 1.17 bits per heavy atom. The van der Waals surface area contributed by atoms with Crippen LogP contribution in [0.1, 0.15) is 39.7 Å². The molecular formula is C22H37IN4O2. The van der Waals surface area contributed by atoms with Crippen molar-refractivity contribution in [1.29, 1.82) is 0 Å². The van der Waals surface area contributed by atoms with Crippen molar-refractivity contribution in [2.75, 3.05) is 33.9 Å². The van der Waals surface area contributed by atoms with Crippen LogP contribution < -0.4 is 20.1 Å². The van der Waals surface area contributed by atoms with E-state index >= 15 is 0 Å². The Morgan fingerprint density at radius 3 is 2.41 bits per heavy atom. The van der Waals surface area contributed by atoms with E-state index in [2.05, 4.69) is 54.1 Å². The van der Waals surface area contributed by atoms with Gasteiger partial charge in [0.15, 0.2) is 17.5 Å². The van der Waals surface area contributed by atoms with Crippen molar-refractivity contribution in [1.82, 2.24) is 15.5 Å². The predicted molar refractivity (Wildman–Crippen MR) is 133 cm³/mol. The van der Waals surface area contributed by atoms with Crippen LogP contribution in [0.4, 0.5) is 0 Å². The molecule has 2 N–H and O–H groups in total. The molecule has 0 radical (unpaired) electrons. The molecule has 0 unspecified atom stereocenters. The summed E-state index contributed by atoms with van der Waals surface area (Å²) in [5.74, 6) is 4.56. The number of benzene rings is 1. The molecule has 1 aromatic carbocycles. The fourth-order valence-electron chi connectivity index (χ4n) is 3.05. The zero-order chi connectivity index (χ0) is 20.9. The van der Waals surface area contributed by atoms with Gasteiger partial charge < -0.3 is 20.1 Å². The van der Waals surface area contributed by atoms with Crippen LogP contribution in [0, 0.1) is 12.3 Å². The molecule has 164 valence electrons. The Balaban J connectivity index is 0.00000784. The number of hydrogen-bond donors (Lipinski definition) is 2. The zero-order valence-corrected chi connectivity index (χ0v) is 20.9. The molecule has 0 atom stereocenters. The third-order valence-electron chi connectivity index (χ3n) is 4.43. The standard InChI is InChI=1S/C22H36N4O2.HI/c1-8-14-28-21-15-19(10-11-20(21)27-7)16-25-22(23-6)24-12-9-13-26(17(2)3)18(4)5;/h1,10-11,15,17-18H,9,12-14,16H2,2-7H3,(H2,23,24,25);1H. The van der Waals surface area contributed by atoms with Crippen LogP contribution in [-0.4, -0.2) is 56.8 Å². The van der Waals surface area contributed by atoms with E-state index < -0.39 is 0 Å². The molecule has 0 heterocycles. The molecule has 6 nitrogen and oxygen atoms in total. The van der Waals surface area contributed by atoms with Crippen molar-refractivity contribution in [2.45, 2.75) is 52.7 Å². The minimum atomic E-state index is 0. The molecule has 0 amide bonds. The lowest BCUT2D eigenvalue weighted by molar-refractivity contribution is 0.173. The predicted octanol–water partition coefficient (Wildman–Crippen LogP) is 3.50. The molecule has 0 aliphatic carbocycles. The number of guanidine groups is 1. The Bertz CT molecular complexity index is 649. The molecule has 0 saturated heterocycles. The van der Waals surface area contributed by atoms with Crippen molar-refractivity contribution < 1.29 is 9.47 Å². The first-order chi connectivity index (χ1) is 13.4. The summed E-state index contributed by atoms with van der Waals surface area (Å²) >= 11 is 0. The molecule has 0 fully saturated rings. The average Bonchev–Trinajstić information content (AvgIpc) is 2.67. The van der Waals surface area contributed by atoms with E-state index in [1.165, 1.54) is 0 Å². The summed E-state index contributed by atoms with van der Waals surface area (Å²) in [6, 6.07) is 6.91. The highest BCUT2D eigenvalue weighted by Gasteiger charge is 2.12. The second-order valence-electron chi connectivity index (χ2n) is 7.11. The summed E-state index contributed by atoms with van der Waals surface area (Å²) in [5.41, 5.74) is 1.06. The van der Waals surface area contributed by atoms with Gasteiger partial charge in [0.25, 0.3) is 0 Å². The second-order valence-corrected chi connectivity index (χ2v) is 7.11. The maximum Gasteiger partial charge on any atom is 0.191 e. The van der Waals surface area contributed by atoms with E-state index in [1.807, 2.05) is 18.2 Å². The summed E-state index contributed by atoms with van der Waals surface area (Å²) < 4.78 is 10.9. The van der Waals surface area contributed by atoms with Gasteiger partial charge in [0, 0.05) is 38.8 Å². The van der Waals surface area contributed by atoms with Crippen LogP contribution in [0.3, 0.4) is 0 Å². The van der Waals surface area contributed by atoms with Gasteiger partial charge in [0.1, 0.15) is 6.61 Å². The number of terminal acetylenes is 1. The number of methoxy groups -OCH3 is 1. The summed E-state index contributed by atoms with van der Waals surface area (Å²) in [6.45, 7) is 11.7. The van der Waals surface area contributed by atoms with Crippen molar-refractivity contribution in [3.8, 4) is 23.8 Å². The molecule has 1 rings (SSSR count). The number of aliphatic imine (C=N–C) groups is 1. The van der Waals surface area contributed by atoms with Gasteiger partial charge in [-0.05, 0) is 51.8 Å². The van der Waals surface area contributed by atoms with E-state index in [9.17, 15) is 0 Å². The van der Waals surface area contributed by atoms with E-state index in [0.29, 0.717) is 30.1 Å². The Morgan fingerprint density at radius 2 is 1.86 bits per heavy atom. The summed E-state index contributed by atoms with van der Waals surface area (Å²) in [4.78, 5) is 6.79. The number of nitrogens with zero attached hydrogens (tertiary/aromatic N) is 2. The molecule has 7 heteroatoms. The first-order valence-electron chi connectivity index (χ1n) is 9.86. The van der Waals surface area contributed by atoms with Gasteiger partial charge in [-0.3, -0.25) is 9.89 Å². The van der Waals surface area contributed by atoms with Gasteiger partial charge in [0.2, 0.25) is 0 Å². The fraction of sp³-hybridized carbons (Fsp3) is 0.591. The third kappa shape index (κ3) is 10.1. The molecule has 0 aromatic heterocycles. The average molecular weight is 516 g/mol. The number of halogens is 1. The number of ether oxygens (including phenoxy) is 2. The first kappa shape index (κ1) is 27.3. The van der Waals surface area contributed by atoms with Crippen LogP contribution >= 0.6 is 24.0 Å². The van der Waals surface area contributed by atoms with Crippen molar-refractivity contribution in [3.63, 3.8) is 0 Å². The third-order valence-corrected chi connectivity index (χ3v) is 4.43. The van der Waals surface area contributed by atoms with Gasteiger partial charge in [-0.25, -0.2) is 0 Å². The maximum atomic E-state index is 5.55. The van der Waals surface area contributed by atoms with E-state index in [-0.39, 0.29) is 30.6 Å². The molecule has 0 aliphatic rings. The maximum absolute atomic E-state index is 5.55. The molecule has 1 aromatic rings. The Kier molecular flexibility index (Phi) is 14.3. The largest absolute Gasteiger partial charge is 0.493 e. The molecular weight excluding hydrogens is 479 g/mol. The fourth-order valence-corrected chi connectivity index (χ4v) is 3.05. The van der Waals surface area contributed by atoms with Gasteiger partial charge >= 0.3 is 0 Å². The first-order valence-corrected chi connectivity index (χ1v) is 9.86. The lowest BCUT2D eigenvalue weighted by Gasteiger charge is -2.30. The summed E-state index contributed by atoms with van der Waals surface area (Å²) in [6.07, 6.45) is 6.34. The van der Waals surface area contributed by atoms with Crippen LogP contribution in [0.5, 0.6) is 11.5 Å². The Hall–Kier alpha value is -1.66. The van der Waals surface area contributed by atoms with E-state index in [4.69, 9.17) is 15.9 Å². The second kappa shape index (κ2) is 15.2. The van der Waals surface area contributed by atoms with Crippen LogP contribution in [-0.2, 0) is 6.54 Å². The van der Waals surface area contributed by atoms with Gasteiger partial charge in [-0.15, -0.1) is 30.4 Å². The van der Waals surface area contributed by atoms with Crippen LogP contribution in [0.15, 0.2) is 23.2 Å². The van der Waals surface area contributed by atoms with E-state index in [1.54, 1.807) is 14.2 Å². The molecule has 0 spiro atoms. The highest BCUT2D eigenvalue weighted by molar-refractivity contribution is 14.0. The quantitative estimate of drug-likeness (QED) is 0.155. The number of hydrogen-bond acceptors (Lipinski definition) is 4. The molecule has 0 bridgehead atoms. The van der Waals surface area contributed by atoms with Crippen molar-refractivity contribution >= 4 is 29.9 Å². The lowest BCUT2D eigenvalue weighted by Crippen LogP contribution is -2.41. The van der Waals surface area contributed by atoms with Crippen molar-refractivity contribution in [3.05, 3.63) is 23.8 Å². The zero-order valence-electron chi connectivity index (χ0n) is 18.6. The molecule has 0 saturated carbocycles. The smallest absolute Gasteiger partial charge is 0.191 e. The number of nitrogens with one attached hydrogen (secondary N) is 2. The minimum absolute atomic E-state index is 0. The van der Waals surface area contributed by atoms with Gasteiger partial charge in [0.05, 0.1) is 7.11 Å². The van der Waals surface area contributed by atoms with E-state index in [0.717, 1.165) is 31.0 Å². The topological polar surface area (TPSA) is 58.1 Å². The Labute approximate surface area is 193 Å². The molecule has 0 aliphatic heterocycles. The monoisotopic (exact) mass is 516 g/mol. The lowest BCUT2D eigenvalue weighted by atomic mass is 10.2. The minimum Gasteiger partial charge on any atom is -0.493 e. The SMILES string of the molecule is C#CCOc1cc(CNC(=NC)NCCCN(C(C)C)C(C)C)ccc1OC.I. The highest BCUT2D eigenvalue weighted by Crippen LogP contribution is 2.27. The van der Waals surface area contributed by atoms with Crippen molar-refractivity contribution in [2.24, 2.45) is 4.99 Å². The van der Waals surface area contributed by atoms with Crippen LogP contribution in [0.25, 0.3) is 0 Å². The van der Waals surface area contributed by atoms with Crippen LogP contribution in [0.2, 0.25) is 0 Å². The molecule has 29 heavy (non-hydrogen) atoms. The van der Waals surface area contributed by atoms with Gasteiger partial charge in [-0.2, -0.15) is 0 Å². The number of rotatable bonds is 11. The summed E-state index contributed by atoms with van der Waals surface area (Å²) in [5, 5.41) is 6.70. The van der Waals surface area contributed by atoms with Gasteiger partial charge in [-0.1, -0.05) is 12.0 Å². The summed E-state index contributed by atoms with van der Waals surface area (Å²) in [7, 11) is 3.39. The normalized spacial score (nSPS) is 11.2. The highest BCUT2D eigenvalue weighted by atomic mass is 127.